The molecule has 0 spiro atoms. The van der Waals surface area contributed by atoms with Crippen molar-refractivity contribution < 1.29 is 32.2 Å². The summed E-state index contributed by atoms with van der Waals surface area (Å²) in [7, 11) is -7.71. The van der Waals surface area contributed by atoms with E-state index in [2.05, 4.69) is 0 Å². The zero-order valence-electron chi connectivity index (χ0n) is 12.8. The first-order valence-corrected chi connectivity index (χ1v) is 10.0. The lowest BCUT2D eigenvalue weighted by atomic mass is 10.3. The van der Waals surface area contributed by atoms with Crippen molar-refractivity contribution in [3.8, 4) is 5.75 Å². The van der Waals surface area contributed by atoms with Crippen molar-refractivity contribution in [3.05, 3.63) is 48.5 Å². The Bertz CT molecular complexity index is 829. The molecule has 2 aromatic carbocycles. The number of hydrogen-bond acceptors (Lipinski definition) is 6. The summed E-state index contributed by atoms with van der Waals surface area (Å²) in [5.74, 6) is 0.338. The van der Waals surface area contributed by atoms with Gasteiger partial charge in [-0.05, 0) is 55.5 Å². The standard InChI is InChI=1S/C15H17O7PS/c1-2-22-23(17,18)13-5-9-15(10-6-13)24(19,20)14-7-3-12(4-8-14)21-11-16/h3-10,16H,2,11H2,1H3,(H,17,18). The van der Waals surface area contributed by atoms with Gasteiger partial charge in [-0.3, -0.25) is 4.57 Å². The fourth-order valence-corrected chi connectivity index (χ4v) is 4.27. The van der Waals surface area contributed by atoms with E-state index in [1.54, 1.807) is 6.92 Å². The summed E-state index contributed by atoms with van der Waals surface area (Å²) < 4.78 is 46.6. The molecule has 0 heterocycles. The van der Waals surface area contributed by atoms with Crippen LogP contribution in [0.15, 0.2) is 58.3 Å². The summed E-state index contributed by atoms with van der Waals surface area (Å²) in [5.41, 5.74) is 0. The van der Waals surface area contributed by atoms with E-state index < -0.39 is 24.2 Å². The molecule has 2 N–H and O–H groups in total. The molecule has 0 bridgehead atoms. The van der Waals surface area contributed by atoms with E-state index >= 15 is 0 Å². The molecule has 24 heavy (non-hydrogen) atoms. The fourth-order valence-electron chi connectivity index (χ4n) is 1.99. The molecule has 9 heteroatoms. The van der Waals surface area contributed by atoms with Gasteiger partial charge in [0, 0.05) is 0 Å². The molecule has 2 rings (SSSR count). The molecular weight excluding hydrogens is 355 g/mol. The van der Waals surface area contributed by atoms with Crippen LogP contribution in [-0.2, 0) is 18.9 Å². The minimum Gasteiger partial charge on any atom is -0.468 e. The third-order valence-corrected chi connectivity index (χ3v) is 6.49. The molecule has 0 fully saturated rings. The zero-order chi connectivity index (χ0) is 17.8. The van der Waals surface area contributed by atoms with Crippen molar-refractivity contribution in [1.29, 1.82) is 0 Å². The molecule has 0 aliphatic heterocycles. The average Bonchev–Trinajstić information content (AvgIpc) is 2.56. The van der Waals surface area contributed by atoms with Crippen LogP contribution < -0.4 is 10.0 Å². The van der Waals surface area contributed by atoms with Gasteiger partial charge in [-0.25, -0.2) is 8.42 Å². The summed E-state index contributed by atoms with van der Waals surface area (Å²) in [6.45, 7) is 1.15. The van der Waals surface area contributed by atoms with Crippen LogP contribution in [0.1, 0.15) is 6.92 Å². The Hall–Kier alpha value is -1.70. The first kappa shape index (κ1) is 18.6. The van der Waals surface area contributed by atoms with Gasteiger partial charge < -0.3 is 19.3 Å². The van der Waals surface area contributed by atoms with Crippen molar-refractivity contribution in [2.75, 3.05) is 13.4 Å². The third kappa shape index (κ3) is 4.03. The molecule has 0 aromatic heterocycles. The van der Waals surface area contributed by atoms with Gasteiger partial charge in [0.15, 0.2) is 6.79 Å². The van der Waals surface area contributed by atoms with Crippen LogP contribution in [0, 0.1) is 0 Å². The maximum absolute atomic E-state index is 12.5. The molecule has 0 aliphatic carbocycles. The number of benzene rings is 2. The lowest BCUT2D eigenvalue weighted by Gasteiger charge is -2.11. The maximum atomic E-state index is 12.5. The number of ether oxygens (including phenoxy) is 1. The van der Waals surface area contributed by atoms with E-state index in [9.17, 15) is 17.9 Å². The minimum atomic E-state index is -3.94. The first-order chi connectivity index (χ1) is 11.3. The summed E-state index contributed by atoms with van der Waals surface area (Å²) in [5, 5.41) is 8.69. The lowest BCUT2D eigenvalue weighted by molar-refractivity contribution is 0.0985. The SMILES string of the molecule is CCOP(=O)(O)c1ccc(S(=O)(=O)c2ccc(OCO)cc2)cc1. The highest BCUT2D eigenvalue weighted by atomic mass is 32.2. The predicted molar refractivity (Wildman–Crippen MR) is 87.1 cm³/mol. The summed E-state index contributed by atoms with van der Waals surface area (Å²) >= 11 is 0. The van der Waals surface area contributed by atoms with Gasteiger partial charge in [0.2, 0.25) is 9.84 Å². The van der Waals surface area contributed by atoms with Gasteiger partial charge in [0.1, 0.15) is 5.75 Å². The summed E-state index contributed by atoms with van der Waals surface area (Å²) in [6.07, 6.45) is 0. The molecule has 1 atom stereocenters. The summed E-state index contributed by atoms with van der Waals surface area (Å²) in [6, 6.07) is 10.6. The van der Waals surface area contributed by atoms with Crippen LogP contribution in [0.2, 0.25) is 0 Å². The Balaban J connectivity index is 2.31. The molecular formula is C15H17O7PS. The average molecular weight is 372 g/mol. The molecule has 130 valence electrons. The molecule has 1 unspecified atom stereocenters. The molecule has 0 saturated heterocycles. The van der Waals surface area contributed by atoms with E-state index in [4.69, 9.17) is 14.4 Å². The van der Waals surface area contributed by atoms with Crippen molar-refractivity contribution >= 4 is 22.7 Å². The lowest BCUT2D eigenvalue weighted by Crippen LogP contribution is -2.09. The van der Waals surface area contributed by atoms with Crippen molar-refractivity contribution in [3.63, 3.8) is 0 Å². The van der Waals surface area contributed by atoms with Gasteiger partial charge in [-0.1, -0.05) is 0 Å². The highest BCUT2D eigenvalue weighted by Gasteiger charge is 2.24. The molecule has 0 radical (unpaired) electrons. The predicted octanol–water partition coefficient (Wildman–Crippen LogP) is 1.70. The Kier molecular flexibility index (Phi) is 5.79. The third-order valence-electron chi connectivity index (χ3n) is 3.14. The Morgan fingerprint density at radius 3 is 1.96 bits per heavy atom. The van der Waals surface area contributed by atoms with Gasteiger partial charge >= 0.3 is 7.60 Å². The van der Waals surface area contributed by atoms with Crippen LogP contribution >= 0.6 is 7.60 Å². The number of sulfone groups is 1. The van der Waals surface area contributed by atoms with Crippen molar-refractivity contribution in [2.24, 2.45) is 0 Å². The second-order valence-electron chi connectivity index (χ2n) is 4.68. The van der Waals surface area contributed by atoms with Crippen molar-refractivity contribution in [1.82, 2.24) is 0 Å². The summed E-state index contributed by atoms with van der Waals surface area (Å²) in [4.78, 5) is 9.75. The molecule has 0 amide bonds. The second kappa shape index (κ2) is 7.46. The number of rotatable bonds is 7. The normalized spacial score (nSPS) is 14.1. The number of aliphatic hydroxyl groups is 1. The molecule has 2 aromatic rings. The monoisotopic (exact) mass is 372 g/mol. The smallest absolute Gasteiger partial charge is 0.358 e. The Labute approximate surface area is 139 Å². The van der Waals surface area contributed by atoms with E-state index in [1.807, 2.05) is 0 Å². The van der Waals surface area contributed by atoms with Gasteiger partial charge in [0.05, 0.1) is 21.7 Å². The quantitative estimate of drug-likeness (QED) is 0.562. The molecule has 0 saturated carbocycles. The van der Waals surface area contributed by atoms with Crippen LogP contribution in [0.25, 0.3) is 0 Å². The van der Waals surface area contributed by atoms with Crippen LogP contribution in [-0.4, -0.2) is 31.8 Å². The molecule has 7 nitrogen and oxygen atoms in total. The highest BCUT2D eigenvalue weighted by molar-refractivity contribution is 7.91. The van der Waals surface area contributed by atoms with Crippen LogP contribution in [0.3, 0.4) is 0 Å². The van der Waals surface area contributed by atoms with Gasteiger partial charge in [-0.15, -0.1) is 0 Å². The topological polar surface area (TPSA) is 110 Å². The second-order valence-corrected chi connectivity index (χ2v) is 8.45. The Morgan fingerprint density at radius 1 is 1.00 bits per heavy atom. The Morgan fingerprint density at radius 2 is 1.50 bits per heavy atom. The van der Waals surface area contributed by atoms with Crippen LogP contribution in [0.4, 0.5) is 0 Å². The number of hydrogen-bond donors (Lipinski definition) is 2. The largest absolute Gasteiger partial charge is 0.468 e. The molecule has 0 aliphatic rings. The van der Waals surface area contributed by atoms with Crippen LogP contribution in [0.5, 0.6) is 5.75 Å². The number of aliphatic hydroxyl groups excluding tert-OH is 1. The zero-order valence-corrected chi connectivity index (χ0v) is 14.5. The van der Waals surface area contributed by atoms with E-state index in [1.165, 1.54) is 48.5 Å². The van der Waals surface area contributed by atoms with E-state index in [0.717, 1.165) is 0 Å². The fraction of sp³-hybridized carbons (Fsp3) is 0.200. The van der Waals surface area contributed by atoms with Gasteiger partial charge in [0.25, 0.3) is 0 Å². The minimum absolute atomic E-state index is 0.0152. The first-order valence-electron chi connectivity index (χ1n) is 6.98. The van der Waals surface area contributed by atoms with E-state index in [-0.39, 0.29) is 21.7 Å². The highest BCUT2D eigenvalue weighted by Crippen LogP contribution is 2.40. The van der Waals surface area contributed by atoms with Gasteiger partial charge in [-0.2, -0.15) is 0 Å². The van der Waals surface area contributed by atoms with E-state index in [0.29, 0.717) is 5.75 Å². The van der Waals surface area contributed by atoms with Crippen molar-refractivity contribution in [2.45, 2.75) is 16.7 Å². The maximum Gasteiger partial charge on any atom is 0.358 e.